The van der Waals surface area contributed by atoms with Crippen molar-refractivity contribution in [3.63, 3.8) is 0 Å². The predicted molar refractivity (Wildman–Crippen MR) is 76.2 cm³/mol. The molecule has 110 valence electrons. The van der Waals surface area contributed by atoms with Crippen molar-refractivity contribution in [1.82, 2.24) is 4.98 Å². The van der Waals surface area contributed by atoms with E-state index >= 15 is 0 Å². The minimum Gasteiger partial charge on any atom is -0.428 e. The monoisotopic (exact) mass is 298 g/mol. The summed E-state index contributed by atoms with van der Waals surface area (Å²) in [6.07, 6.45) is 1.93. The number of nitrogens with two attached hydrogens (primary N) is 1. The van der Waals surface area contributed by atoms with Crippen LogP contribution in [0.15, 0.2) is 27.8 Å². The van der Waals surface area contributed by atoms with Gasteiger partial charge in [-0.3, -0.25) is 0 Å². The number of rotatable bonds is 7. The van der Waals surface area contributed by atoms with Gasteiger partial charge in [0.15, 0.2) is 5.58 Å². The maximum Gasteiger partial charge on any atom is 0.316 e. The lowest BCUT2D eigenvalue weighted by Crippen LogP contribution is -2.13. The number of aromatic nitrogens is 1. The number of unbranched alkanes of at least 4 members (excludes halogenated alkanes) is 1. The van der Waals surface area contributed by atoms with E-state index in [2.05, 4.69) is 4.98 Å². The topological polar surface area (TPSA) is 95.4 Å². The van der Waals surface area contributed by atoms with Crippen molar-refractivity contribution in [3.8, 4) is 0 Å². The van der Waals surface area contributed by atoms with Gasteiger partial charge in [0.2, 0.25) is 9.84 Å². The quantitative estimate of drug-likeness (QED) is 0.620. The number of nitrogens with zero attached hydrogens (tertiary/aromatic N) is 1. The molecule has 0 bridgehead atoms. The first-order valence-electron chi connectivity index (χ1n) is 6.49. The van der Waals surface area contributed by atoms with Crippen LogP contribution in [0.3, 0.4) is 0 Å². The number of anilines is 1. The van der Waals surface area contributed by atoms with Crippen LogP contribution >= 0.6 is 0 Å². The molecule has 0 aliphatic heterocycles. The molecule has 6 nitrogen and oxygen atoms in total. The molecular formula is C13H18N2O4S. The van der Waals surface area contributed by atoms with Crippen LogP contribution in [0.1, 0.15) is 19.8 Å². The van der Waals surface area contributed by atoms with Gasteiger partial charge in [0, 0.05) is 12.3 Å². The number of ether oxygens (including phenoxy) is 1. The third-order valence-corrected chi connectivity index (χ3v) is 4.21. The molecule has 0 atom stereocenters. The maximum atomic E-state index is 12.1. The molecule has 1 aromatic heterocycles. The molecule has 0 spiro atoms. The number of benzene rings is 1. The van der Waals surface area contributed by atoms with Crippen LogP contribution in [0.5, 0.6) is 0 Å². The lowest BCUT2D eigenvalue weighted by molar-refractivity contribution is 0.145. The van der Waals surface area contributed by atoms with Gasteiger partial charge in [-0.1, -0.05) is 13.3 Å². The molecule has 0 amide bonds. The van der Waals surface area contributed by atoms with E-state index in [1.54, 1.807) is 18.2 Å². The number of nitrogen functional groups attached to an aromatic ring is 1. The summed E-state index contributed by atoms with van der Waals surface area (Å²) < 4.78 is 34.6. The van der Waals surface area contributed by atoms with Crippen LogP contribution in [0.2, 0.25) is 0 Å². The fraction of sp³-hybridized carbons (Fsp3) is 0.462. The summed E-state index contributed by atoms with van der Waals surface area (Å²) in [5.74, 6) is -0.140. The Morgan fingerprint density at radius 1 is 1.35 bits per heavy atom. The highest BCUT2D eigenvalue weighted by Crippen LogP contribution is 2.21. The van der Waals surface area contributed by atoms with E-state index in [4.69, 9.17) is 14.9 Å². The molecule has 0 aliphatic carbocycles. The van der Waals surface area contributed by atoms with Gasteiger partial charge < -0.3 is 14.9 Å². The minimum atomic E-state index is -3.57. The SMILES string of the molecule is CCCCOCCS(=O)(=O)c1nc2cc(N)ccc2o1. The molecule has 1 aromatic carbocycles. The van der Waals surface area contributed by atoms with Crippen molar-refractivity contribution >= 4 is 26.6 Å². The molecule has 2 rings (SSSR count). The number of sulfone groups is 1. The number of hydrogen-bond donors (Lipinski definition) is 1. The van der Waals surface area contributed by atoms with Gasteiger partial charge in [-0.25, -0.2) is 8.42 Å². The summed E-state index contributed by atoms with van der Waals surface area (Å²) in [7, 11) is -3.57. The van der Waals surface area contributed by atoms with Gasteiger partial charge in [0.05, 0.1) is 12.4 Å². The Morgan fingerprint density at radius 3 is 2.90 bits per heavy atom. The highest BCUT2D eigenvalue weighted by molar-refractivity contribution is 7.91. The van der Waals surface area contributed by atoms with Crippen molar-refractivity contribution < 1.29 is 17.6 Å². The van der Waals surface area contributed by atoms with Crippen LogP contribution in [-0.4, -0.2) is 32.4 Å². The Balaban J connectivity index is 2.07. The van der Waals surface area contributed by atoms with E-state index in [0.29, 0.717) is 23.4 Å². The molecule has 0 unspecified atom stereocenters. The van der Waals surface area contributed by atoms with Gasteiger partial charge in [-0.15, -0.1) is 0 Å². The molecule has 2 aromatic rings. The van der Waals surface area contributed by atoms with Crippen LogP contribution < -0.4 is 5.73 Å². The van der Waals surface area contributed by atoms with Crippen molar-refractivity contribution in [3.05, 3.63) is 18.2 Å². The molecule has 0 saturated heterocycles. The zero-order chi connectivity index (χ0) is 14.6. The van der Waals surface area contributed by atoms with Crippen molar-refractivity contribution in [2.24, 2.45) is 0 Å². The van der Waals surface area contributed by atoms with Crippen LogP contribution in [0.4, 0.5) is 5.69 Å². The normalized spacial score (nSPS) is 12.1. The highest BCUT2D eigenvalue weighted by atomic mass is 32.2. The Hall–Kier alpha value is -1.60. The fourth-order valence-electron chi connectivity index (χ4n) is 1.66. The Morgan fingerprint density at radius 2 is 2.15 bits per heavy atom. The first-order chi connectivity index (χ1) is 9.53. The molecule has 7 heteroatoms. The summed E-state index contributed by atoms with van der Waals surface area (Å²) >= 11 is 0. The molecular weight excluding hydrogens is 280 g/mol. The van der Waals surface area contributed by atoms with Gasteiger partial charge >= 0.3 is 5.22 Å². The molecule has 2 N–H and O–H groups in total. The average Bonchev–Trinajstić information content (AvgIpc) is 2.82. The lowest BCUT2D eigenvalue weighted by atomic mass is 10.3. The summed E-state index contributed by atoms with van der Waals surface area (Å²) in [6.45, 7) is 2.75. The third-order valence-electron chi connectivity index (χ3n) is 2.80. The van der Waals surface area contributed by atoms with Crippen molar-refractivity contribution in [2.45, 2.75) is 25.0 Å². The fourth-order valence-corrected chi connectivity index (χ4v) is 2.63. The summed E-state index contributed by atoms with van der Waals surface area (Å²) in [6, 6.07) is 4.82. The first kappa shape index (κ1) is 14.8. The molecule has 0 aliphatic rings. The van der Waals surface area contributed by atoms with Crippen LogP contribution in [-0.2, 0) is 14.6 Å². The first-order valence-corrected chi connectivity index (χ1v) is 8.15. The number of fused-ring (bicyclic) bond motifs is 1. The second kappa shape index (κ2) is 6.23. The lowest BCUT2D eigenvalue weighted by Gasteiger charge is -2.02. The van der Waals surface area contributed by atoms with E-state index in [1.165, 1.54) is 0 Å². The number of oxazole rings is 1. The van der Waals surface area contributed by atoms with Gasteiger partial charge in [0.1, 0.15) is 5.52 Å². The van der Waals surface area contributed by atoms with Crippen LogP contribution in [0.25, 0.3) is 11.1 Å². The van der Waals surface area contributed by atoms with E-state index in [1.807, 2.05) is 6.92 Å². The summed E-state index contributed by atoms with van der Waals surface area (Å²) in [5, 5.41) is -0.280. The largest absolute Gasteiger partial charge is 0.428 e. The molecule has 0 saturated carbocycles. The van der Waals surface area contributed by atoms with Crippen molar-refractivity contribution in [2.75, 3.05) is 24.7 Å². The van der Waals surface area contributed by atoms with E-state index in [0.717, 1.165) is 12.8 Å². The zero-order valence-electron chi connectivity index (χ0n) is 11.3. The molecule has 0 fully saturated rings. The summed E-state index contributed by atoms with van der Waals surface area (Å²) in [4.78, 5) is 3.97. The maximum absolute atomic E-state index is 12.1. The third kappa shape index (κ3) is 3.49. The Labute approximate surface area is 117 Å². The molecule has 20 heavy (non-hydrogen) atoms. The average molecular weight is 298 g/mol. The predicted octanol–water partition coefficient (Wildman–Crippen LogP) is 2.00. The van der Waals surface area contributed by atoms with Gasteiger partial charge in [-0.05, 0) is 24.6 Å². The molecule has 1 heterocycles. The molecule has 0 radical (unpaired) electrons. The van der Waals surface area contributed by atoms with E-state index in [9.17, 15) is 8.42 Å². The van der Waals surface area contributed by atoms with Gasteiger partial charge in [-0.2, -0.15) is 4.98 Å². The second-order valence-electron chi connectivity index (χ2n) is 4.49. The zero-order valence-corrected chi connectivity index (χ0v) is 12.1. The number of hydrogen-bond acceptors (Lipinski definition) is 6. The van der Waals surface area contributed by atoms with E-state index < -0.39 is 9.84 Å². The van der Waals surface area contributed by atoms with E-state index in [-0.39, 0.29) is 17.6 Å². The Kier molecular flexibility index (Phi) is 4.61. The van der Waals surface area contributed by atoms with Crippen molar-refractivity contribution in [1.29, 1.82) is 0 Å². The smallest absolute Gasteiger partial charge is 0.316 e. The second-order valence-corrected chi connectivity index (χ2v) is 6.48. The summed E-state index contributed by atoms with van der Waals surface area (Å²) in [5.41, 5.74) is 6.98. The Bertz CT molecular complexity index is 679. The van der Waals surface area contributed by atoms with Crippen LogP contribution in [0, 0.1) is 0 Å². The minimum absolute atomic E-state index is 0.140. The van der Waals surface area contributed by atoms with Gasteiger partial charge in [0.25, 0.3) is 0 Å². The highest BCUT2D eigenvalue weighted by Gasteiger charge is 2.21. The standard InChI is InChI=1S/C13H18N2O4S/c1-2-3-6-18-7-8-20(16,17)13-15-11-9-10(14)4-5-12(11)19-13/h4-5,9H,2-3,6-8,14H2,1H3.